The number of amides is 1. The highest BCUT2D eigenvalue weighted by Gasteiger charge is 2.15. The molecule has 2 aromatic carbocycles. The zero-order valence-electron chi connectivity index (χ0n) is 12.6. The van der Waals surface area contributed by atoms with Crippen molar-refractivity contribution < 1.29 is 9.53 Å². The number of hydrogen-bond donors (Lipinski definition) is 1. The van der Waals surface area contributed by atoms with Crippen LogP contribution < -0.4 is 10.1 Å². The normalized spacial score (nSPS) is 11.7. The van der Waals surface area contributed by atoms with Gasteiger partial charge in [-0.2, -0.15) is 0 Å². The molecule has 1 atom stereocenters. The van der Waals surface area contributed by atoms with Gasteiger partial charge in [0, 0.05) is 11.6 Å². The van der Waals surface area contributed by atoms with Crippen LogP contribution in [-0.4, -0.2) is 17.0 Å². The van der Waals surface area contributed by atoms with Crippen molar-refractivity contribution in [2.45, 2.75) is 13.0 Å². The van der Waals surface area contributed by atoms with Gasteiger partial charge in [-0.1, -0.05) is 42.5 Å². The topological polar surface area (TPSA) is 51.2 Å². The van der Waals surface area contributed by atoms with Crippen LogP contribution in [0, 0.1) is 0 Å². The molecule has 1 aromatic heterocycles. The molecule has 23 heavy (non-hydrogen) atoms. The molecule has 0 unspecified atom stereocenters. The smallest absolute Gasteiger partial charge is 0.266 e. The fourth-order valence-corrected chi connectivity index (χ4v) is 2.64. The number of ether oxygens (including phenoxy) is 1. The summed E-state index contributed by atoms with van der Waals surface area (Å²) >= 11 is 1.38. The van der Waals surface area contributed by atoms with Gasteiger partial charge in [0.25, 0.3) is 5.91 Å². The third kappa shape index (κ3) is 3.96. The van der Waals surface area contributed by atoms with Crippen molar-refractivity contribution in [2.75, 3.05) is 5.32 Å². The number of aromatic nitrogens is 1. The molecule has 0 radical (unpaired) electrons. The summed E-state index contributed by atoms with van der Waals surface area (Å²) in [5.41, 5.74) is 2.26. The molecule has 0 saturated carbocycles. The molecule has 0 saturated heterocycles. The van der Waals surface area contributed by atoms with Crippen LogP contribution in [0.15, 0.2) is 66.2 Å². The van der Waals surface area contributed by atoms with Crippen molar-refractivity contribution in [3.63, 3.8) is 0 Å². The van der Waals surface area contributed by atoms with Crippen molar-refractivity contribution in [1.82, 2.24) is 4.98 Å². The van der Waals surface area contributed by atoms with Crippen molar-refractivity contribution >= 4 is 22.4 Å². The summed E-state index contributed by atoms with van der Waals surface area (Å²) in [6.45, 7) is 1.72. The second-order valence-corrected chi connectivity index (χ2v) is 5.87. The number of anilines is 1. The van der Waals surface area contributed by atoms with Gasteiger partial charge in [-0.05, 0) is 30.2 Å². The molecule has 0 aliphatic heterocycles. The average Bonchev–Trinajstić information content (AvgIpc) is 3.09. The molecule has 0 bridgehead atoms. The summed E-state index contributed by atoms with van der Waals surface area (Å²) in [6, 6.07) is 17.8. The Morgan fingerprint density at radius 1 is 1.09 bits per heavy atom. The van der Waals surface area contributed by atoms with E-state index in [2.05, 4.69) is 22.4 Å². The number of rotatable bonds is 5. The van der Waals surface area contributed by atoms with E-state index in [0.717, 1.165) is 11.1 Å². The number of nitrogens with zero attached hydrogens (tertiary/aromatic N) is 1. The van der Waals surface area contributed by atoms with Gasteiger partial charge < -0.3 is 4.74 Å². The van der Waals surface area contributed by atoms with E-state index < -0.39 is 6.10 Å². The Balaban J connectivity index is 1.62. The molecule has 3 aromatic rings. The lowest BCUT2D eigenvalue weighted by Crippen LogP contribution is -2.30. The summed E-state index contributed by atoms with van der Waals surface area (Å²) in [5.74, 6) is 0.443. The standard InChI is InChI=1S/C18H16N2O2S/c1-13(17(21)20-18-19-11-12-23-18)22-16-9-7-15(8-10-16)14-5-3-2-4-6-14/h2-13H,1H3,(H,19,20,21)/t13-/m1/s1. The molecule has 0 aliphatic carbocycles. The van der Waals surface area contributed by atoms with Gasteiger partial charge in [-0.15, -0.1) is 11.3 Å². The molecule has 1 heterocycles. The maximum atomic E-state index is 12.0. The van der Waals surface area contributed by atoms with Crippen LogP contribution in [-0.2, 0) is 4.79 Å². The minimum Gasteiger partial charge on any atom is -0.481 e. The minimum absolute atomic E-state index is 0.216. The first-order valence-corrected chi connectivity index (χ1v) is 8.13. The lowest BCUT2D eigenvalue weighted by atomic mass is 10.1. The van der Waals surface area contributed by atoms with E-state index in [1.165, 1.54) is 11.3 Å². The number of hydrogen-bond acceptors (Lipinski definition) is 4. The van der Waals surface area contributed by atoms with Gasteiger partial charge >= 0.3 is 0 Å². The van der Waals surface area contributed by atoms with Crippen LogP contribution >= 0.6 is 11.3 Å². The highest BCUT2D eigenvalue weighted by molar-refractivity contribution is 7.13. The Labute approximate surface area is 138 Å². The first-order chi connectivity index (χ1) is 11.2. The summed E-state index contributed by atoms with van der Waals surface area (Å²) < 4.78 is 5.68. The highest BCUT2D eigenvalue weighted by atomic mass is 32.1. The largest absolute Gasteiger partial charge is 0.481 e. The van der Waals surface area contributed by atoms with Crippen molar-refractivity contribution in [2.24, 2.45) is 0 Å². The highest BCUT2D eigenvalue weighted by Crippen LogP contribution is 2.22. The lowest BCUT2D eigenvalue weighted by Gasteiger charge is -2.14. The summed E-state index contributed by atoms with van der Waals surface area (Å²) in [7, 11) is 0. The SMILES string of the molecule is C[C@@H](Oc1ccc(-c2ccccc2)cc1)C(=O)Nc1nccs1. The third-order valence-corrected chi connectivity index (χ3v) is 3.99. The molecular formula is C18H16N2O2S. The van der Waals surface area contributed by atoms with E-state index in [1.54, 1.807) is 13.1 Å². The van der Waals surface area contributed by atoms with Crippen LogP contribution in [0.4, 0.5) is 5.13 Å². The Morgan fingerprint density at radius 2 is 1.78 bits per heavy atom. The first kappa shape index (κ1) is 15.2. The van der Waals surface area contributed by atoms with Gasteiger partial charge in [-0.3, -0.25) is 10.1 Å². The molecule has 116 valence electrons. The van der Waals surface area contributed by atoms with Crippen molar-refractivity contribution in [3.05, 3.63) is 66.2 Å². The molecule has 0 aliphatic rings. The molecule has 1 amide bonds. The molecule has 0 fully saturated rings. The van der Waals surface area contributed by atoms with Crippen LogP contribution in [0.25, 0.3) is 11.1 Å². The third-order valence-electron chi connectivity index (χ3n) is 3.31. The second-order valence-electron chi connectivity index (χ2n) is 4.98. The van der Waals surface area contributed by atoms with Gasteiger partial charge in [-0.25, -0.2) is 4.98 Å². The molecule has 5 heteroatoms. The van der Waals surface area contributed by atoms with Crippen LogP contribution in [0.5, 0.6) is 5.75 Å². The maximum Gasteiger partial charge on any atom is 0.266 e. The van der Waals surface area contributed by atoms with E-state index in [0.29, 0.717) is 10.9 Å². The predicted octanol–water partition coefficient (Wildman–Crippen LogP) is 4.22. The van der Waals surface area contributed by atoms with E-state index in [1.807, 2.05) is 47.8 Å². The Morgan fingerprint density at radius 3 is 2.43 bits per heavy atom. The van der Waals surface area contributed by atoms with E-state index >= 15 is 0 Å². The van der Waals surface area contributed by atoms with Crippen molar-refractivity contribution in [3.8, 4) is 16.9 Å². The van der Waals surface area contributed by atoms with Crippen molar-refractivity contribution in [1.29, 1.82) is 0 Å². The molecule has 0 spiro atoms. The number of benzene rings is 2. The van der Waals surface area contributed by atoms with Crippen LogP contribution in [0.1, 0.15) is 6.92 Å². The lowest BCUT2D eigenvalue weighted by molar-refractivity contribution is -0.122. The van der Waals surface area contributed by atoms with E-state index in [9.17, 15) is 4.79 Å². The summed E-state index contributed by atoms with van der Waals surface area (Å²) in [5, 5.41) is 5.11. The van der Waals surface area contributed by atoms with Gasteiger partial charge in [0.1, 0.15) is 5.75 Å². The number of carbonyl (C=O) groups excluding carboxylic acids is 1. The molecule has 4 nitrogen and oxygen atoms in total. The molecule has 1 N–H and O–H groups in total. The summed E-state index contributed by atoms with van der Waals surface area (Å²) in [4.78, 5) is 16.1. The zero-order chi connectivity index (χ0) is 16.1. The Bertz CT molecular complexity index is 755. The fourth-order valence-electron chi connectivity index (χ4n) is 2.11. The molecule has 3 rings (SSSR count). The fraction of sp³-hybridized carbons (Fsp3) is 0.111. The number of thiazole rings is 1. The quantitative estimate of drug-likeness (QED) is 0.764. The first-order valence-electron chi connectivity index (χ1n) is 7.25. The Hall–Kier alpha value is -2.66. The second kappa shape index (κ2) is 7.07. The van der Waals surface area contributed by atoms with Gasteiger partial charge in [0.15, 0.2) is 11.2 Å². The summed E-state index contributed by atoms with van der Waals surface area (Å²) in [6.07, 6.45) is 1.05. The monoisotopic (exact) mass is 324 g/mol. The minimum atomic E-state index is -0.596. The number of nitrogens with one attached hydrogen (secondary N) is 1. The van der Waals surface area contributed by atoms with E-state index in [4.69, 9.17) is 4.74 Å². The van der Waals surface area contributed by atoms with Crippen LogP contribution in [0.3, 0.4) is 0 Å². The van der Waals surface area contributed by atoms with Crippen LogP contribution in [0.2, 0.25) is 0 Å². The zero-order valence-corrected chi connectivity index (χ0v) is 13.4. The number of carbonyl (C=O) groups is 1. The molecular weight excluding hydrogens is 308 g/mol. The Kier molecular flexibility index (Phi) is 4.68. The maximum absolute atomic E-state index is 12.0. The van der Waals surface area contributed by atoms with E-state index in [-0.39, 0.29) is 5.91 Å². The van der Waals surface area contributed by atoms with Gasteiger partial charge in [0.2, 0.25) is 0 Å². The average molecular weight is 324 g/mol. The predicted molar refractivity (Wildman–Crippen MR) is 92.7 cm³/mol. The van der Waals surface area contributed by atoms with Gasteiger partial charge in [0.05, 0.1) is 0 Å².